The zero-order valence-corrected chi connectivity index (χ0v) is 12.6. The SMILES string of the molecule is CCN(C)C(=O)COc1c(C(C)=O)ccc2ccccc12. The average molecular weight is 285 g/mol. The van der Waals surface area contributed by atoms with Gasteiger partial charge in [0.15, 0.2) is 12.4 Å². The summed E-state index contributed by atoms with van der Waals surface area (Å²) in [6.07, 6.45) is 0. The summed E-state index contributed by atoms with van der Waals surface area (Å²) in [7, 11) is 1.72. The Morgan fingerprint density at radius 2 is 1.86 bits per heavy atom. The van der Waals surface area contributed by atoms with Crippen molar-refractivity contribution in [2.75, 3.05) is 20.2 Å². The number of Topliss-reactive ketones (excluding diaryl/α,β-unsaturated/α-hetero) is 1. The maximum absolute atomic E-state index is 11.9. The van der Waals surface area contributed by atoms with Gasteiger partial charge in [-0.1, -0.05) is 30.3 Å². The van der Waals surface area contributed by atoms with Gasteiger partial charge in [-0.2, -0.15) is 0 Å². The highest BCUT2D eigenvalue weighted by Crippen LogP contribution is 2.30. The highest BCUT2D eigenvalue weighted by atomic mass is 16.5. The lowest BCUT2D eigenvalue weighted by atomic mass is 10.0. The lowest BCUT2D eigenvalue weighted by Gasteiger charge is -2.17. The predicted octanol–water partition coefficient (Wildman–Crippen LogP) is 2.90. The van der Waals surface area contributed by atoms with Crippen molar-refractivity contribution in [1.82, 2.24) is 4.90 Å². The van der Waals surface area contributed by atoms with Gasteiger partial charge in [0.25, 0.3) is 5.91 Å². The number of likely N-dealkylation sites (N-methyl/N-ethyl adjacent to an activating group) is 1. The lowest BCUT2D eigenvalue weighted by Crippen LogP contribution is -2.31. The fraction of sp³-hybridized carbons (Fsp3) is 0.294. The molecule has 1 amide bonds. The first-order valence-corrected chi connectivity index (χ1v) is 6.94. The van der Waals surface area contributed by atoms with Gasteiger partial charge < -0.3 is 9.64 Å². The Morgan fingerprint density at radius 1 is 1.14 bits per heavy atom. The molecule has 0 spiro atoms. The molecule has 0 aliphatic heterocycles. The minimum absolute atomic E-state index is 0.0708. The van der Waals surface area contributed by atoms with Crippen LogP contribution in [0, 0.1) is 0 Å². The number of nitrogens with zero attached hydrogens (tertiary/aromatic N) is 1. The standard InChI is InChI=1S/C17H19NO3/c1-4-18(3)16(20)11-21-17-14(12(2)19)10-9-13-7-5-6-8-15(13)17/h5-10H,4,11H2,1-3H3. The van der Waals surface area contributed by atoms with E-state index in [1.165, 1.54) is 6.92 Å². The van der Waals surface area contributed by atoms with Crippen LogP contribution in [0.3, 0.4) is 0 Å². The molecule has 0 bridgehead atoms. The molecule has 0 N–H and O–H groups in total. The molecule has 21 heavy (non-hydrogen) atoms. The number of amides is 1. The van der Waals surface area contributed by atoms with E-state index in [-0.39, 0.29) is 18.3 Å². The number of hydrogen-bond donors (Lipinski definition) is 0. The smallest absolute Gasteiger partial charge is 0.260 e. The minimum Gasteiger partial charge on any atom is -0.482 e. The Bertz CT molecular complexity index is 679. The molecule has 0 saturated heterocycles. The van der Waals surface area contributed by atoms with E-state index in [2.05, 4.69) is 0 Å². The van der Waals surface area contributed by atoms with Gasteiger partial charge in [0.2, 0.25) is 0 Å². The number of carbonyl (C=O) groups is 2. The summed E-state index contributed by atoms with van der Waals surface area (Å²) in [5, 5.41) is 1.82. The van der Waals surface area contributed by atoms with E-state index >= 15 is 0 Å². The number of rotatable bonds is 5. The molecule has 0 saturated carbocycles. The molecule has 0 radical (unpaired) electrons. The Morgan fingerprint density at radius 3 is 2.52 bits per heavy atom. The second kappa shape index (κ2) is 6.39. The molecule has 0 unspecified atom stereocenters. The number of benzene rings is 2. The van der Waals surface area contributed by atoms with Gasteiger partial charge in [0, 0.05) is 19.0 Å². The van der Waals surface area contributed by atoms with Crippen LogP contribution in [0.1, 0.15) is 24.2 Å². The second-order valence-corrected chi connectivity index (χ2v) is 4.92. The molecular weight excluding hydrogens is 266 g/mol. The summed E-state index contributed by atoms with van der Waals surface area (Å²) in [5.41, 5.74) is 0.501. The molecule has 0 aromatic heterocycles. The number of hydrogen-bond acceptors (Lipinski definition) is 3. The van der Waals surface area contributed by atoms with E-state index in [0.29, 0.717) is 17.9 Å². The Hall–Kier alpha value is -2.36. The average Bonchev–Trinajstić information content (AvgIpc) is 2.50. The third kappa shape index (κ3) is 3.21. The van der Waals surface area contributed by atoms with Crippen LogP contribution in [0.5, 0.6) is 5.75 Å². The van der Waals surface area contributed by atoms with E-state index in [0.717, 1.165) is 10.8 Å². The first-order chi connectivity index (χ1) is 10.0. The van der Waals surface area contributed by atoms with Gasteiger partial charge in [-0.15, -0.1) is 0 Å². The van der Waals surface area contributed by atoms with Gasteiger partial charge in [-0.05, 0) is 25.3 Å². The second-order valence-electron chi connectivity index (χ2n) is 4.92. The van der Waals surface area contributed by atoms with Crippen LogP contribution in [0.15, 0.2) is 36.4 Å². The van der Waals surface area contributed by atoms with Crippen LogP contribution in [-0.2, 0) is 4.79 Å². The largest absolute Gasteiger partial charge is 0.482 e. The number of fused-ring (bicyclic) bond motifs is 1. The number of carbonyl (C=O) groups excluding carboxylic acids is 2. The predicted molar refractivity (Wildman–Crippen MR) is 82.8 cm³/mol. The van der Waals surface area contributed by atoms with Crippen LogP contribution in [-0.4, -0.2) is 36.8 Å². The van der Waals surface area contributed by atoms with Gasteiger partial charge in [0.05, 0.1) is 5.56 Å². The molecule has 4 nitrogen and oxygen atoms in total. The maximum atomic E-state index is 11.9. The first-order valence-electron chi connectivity index (χ1n) is 6.94. The summed E-state index contributed by atoms with van der Waals surface area (Å²) >= 11 is 0. The maximum Gasteiger partial charge on any atom is 0.260 e. The minimum atomic E-state index is -0.111. The summed E-state index contributed by atoms with van der Waals surface area (Å²) < 4.78 is 5.68. The summed E-state index contributed by atoms with van der Waals surface area (Å²) in [6, 6.07) is 11.3. The molecular formula is C17H19NO3. The third-order valence-electron chi connectivity index (χ3n) is 3.50. The van der Waals surface area contributed by atoms with Crippen LogP contribution < -0.4 is 4.74 Å². The van der Waals surface area contributed by atoms with Crippen LogP contribution in [0.2, 0.25) is 0 Å². The summed E-state index contributed by atoms with van der Waals surface area (Å²) in [6.45, 7) is 3.95. The van der Waals surface area contributed by atoms with Crippen molar-refractivity contribution in [2.24, 2.45) is 0 Å². The van der Waals surface area contributed by atoms with E-state index in [4.69, 9.17) is 4.74 Å². The van der Waals surface area contributed by atoms with Crippen molar-refractivity contribution in [2.45, 2.75) is 13.8 Å². The monoisotopic (exact) mass is 285 g/mol. The lowest BCUT2D eigenvalue weighted by molar-refractivity contribution is -0.131. The Balaban J connectivity index is 2.38. The first kappa shape index (κ1) is 15.0. The van der Waals surface area contributed by atoms with Crippen molar-refractivity contribution in [3.63, 3.8) is 0 Å². The molecule has 0 atom stereocenters. The molecule has 2 aromatic rings. The highest BCUT2D eigenvalue weighted by Gasteiger charge is 2.15. The quantitative estimate of drug-likeness (QED) is 0.794. The van der Waals surface area contributed by atoms with Crippen LogP contribution >= 0.6 is 0 Å². The molecule has 110 valence electrons. The van der Waals surface area contributed by atoms with Crippen LogP contribution in [0.4, 0.5) is 0 Å². The highest BCUT2D eigenvalue weighted by molar-refractivity contribution is 6.03. The molecule has 2 aromatic carbocycles. The summed E-state index contributed by atoms with van der Waals surface area (Å²) in [4.78, 5) is 25.2. The van der Waals surface area contributed by atoms with Crippen molar-refractivity contribution in [1.29, 1.82) is 0 Å². The fourth-order valence-corrected chi connectivity index (χ4v) is 2.10. The molecule has 4 heteroatoms. The number of ketones is 1. The van der Waals surface area contributed by atoms with Gasteiger partial charge in [0.1, 0.15) is 5.75 Å². The molecule has 0 heterocycles. The number of ether oxygens (including phenoxy) is 1. The van der Waals surface area contributed by atoms with Gasteiger partial charge in [-0.3, -0.25) is 9.59 Å². The topological polar surface area (TPSA) is 46.6 Å². The van der Waals surface area contributed by atoms with Crippen molar-refractivity contribution < 1.29 is 14.3 Å². The van der Waals surface area contributed by atoms with Crippen molar-refractivity contribution in [3.8, 4) is 5.75 Å². The molecule has 2 rings (SSSR count). The van der Waals surface area contributed by atoms with Gasteiger partial charge in [-0.25, -0.2) is 0 Å². The zero-order valence-electron chi connectivity index (χ0n) is 12.6. The summed E-state index contributed by atoms with van der Waals surface area (Å²) in [5.74, 6) is 0.297. The Kier molecular flexibility index (Phi) is 4.58. The van der Waals surface area contributed by atoms with Crippen LogP contribution in [0.25, 0.3) is 10.8 Å². The molecule has 0 fully saturated rings. The third-order valence-corrected chi connectivity index (χ3v) is 3.50. The molecule has 0 aliphatic carbocycles. The molecule has 0 aliphatic rings. The van der Waals surface area contributed by atoms with E-state index in [1.807, 2.05) is 37.3 Å². The fourth-order valence-electron chi connectivity index (χ4n) is 2.10. The Labute approximate surface area is 124 Å². The van der Waals surface area contributed by atoms with E-state index in [1.54, 1.807) is 18.0 Å². The van der Waals surface area contributed by atoms with Gasteiger partial charge >= 0.3 is 0 Å². The normalized spacial score (nSPS) is 10.4. The zero-order chi connectivity index (χ0) is 15.4. The van der Waals surface area contributed by atoms with E-state index in [9.17, 15) is 9.59 Å². The van der Waals surface area contributed by atoms with E-state index < -0.39 is 0 Å². The van der Waals surface area contributed by atoms with Crippen molar-refractivity contribution in [3.05, 3.63) is 42.0 Å². The van der Waals surface area contributed by atoms with Crippen molar-refractivity contribution >= 4 is 22.5 Å².